The molecule has 0 spiro atoms. The number of halogens is 18. The van der Waals surface area contributed by atoms with E-state index in [2.05, 4.69) is 0 Å². The molecule has 0 bridgehead atoms. The third kappa shape index (κ3) is 5.15. The van der Waals surface area contributed by atoms with E-state index >= 15 is 0 Å². The zero-order valence-corrected chi connectivity index (χ0v) is 19.6. The van der Waals surface area contributed by atoms with Crippen LogP contribution < -0.4 is 51.4 Å². The predicted octanol–water partition coefficient (Wildman–Crippen LogP) is 1.79. The Hall–Kier alpha value is 0.276. The van der Waals surface area contributed by atoms with Gasteiger partial charge in [-0.1, -0.05) is 5.08 Å². The van der Waals surface area contributed by atoms with Crippen molar-refractivity contribution in [3.63, 3.8) is 0 Å². The normalized spacial score (nSPS) is 16.3. The van der Waals surface area contributed by atoms with E-state index in [1.807, 2.05) is 0 Å². The fourth-order valence-electron chi connectivity index (χ4n) is 1.37. The van der Waals surface area contributed by atoms with Crippen LogP contribution in [0.1, 0.15) is 0 Å². The molecule has 0 saturated carbocycles. The van der Waals surface area contributed by atoms with Crippen LogP contribution in [0.25, 0.3) is 0 Å². The van der Waals surface area contributed by atoms with Crippen molar-refractivity contribution in [1.29, 1.82) is 0 Å². The number of hydrogen-bond donors (Lipinski definition) is 0. The molecule has 0 aromatic carbocycles. The number of hydrogen-bond acceptors (Lipinski definition) is 4. The summed E-state index contributed by atoms with van der Waals surface area (Å²) >= 11 is 0. The first-order valence-corrected chi connectivity index (χ1v) is 9.54. The van der Waals surface area contributed by atoms with Gasteiger partial charge in [-0.25, -0.2) is 0 Å². The largest absolute Gasteiger partial charge is 1.00 e. The molecule has 0 fully saturated rings. The van der Waals surface area contributed by atoms with E-state index in [0.717, 1.165) is 0 Å². The van der Waals surface area contributed by atoms with E-state index in [1.54, 1.807) is 0 Å². The van der Waals surface area contributed by atoms with E-state index < -0.39 is 71.3 Å². The summed E-state index contributed by atoms with van der Waals surface area (Å²) in [6.07, 6.45) is -15.5. The molecule has 0 heterocycles. The van der Waals surface area contributed by atoms with E-state index in [-0.39, 0.29) is 51.4 Å². The molecule has 0 amide bonds. The number of rotatable bonds is 8. The minimum Gasteiger partial charge on any atom is -0.255 e. The van der Waals surface area contributed by atoms with Crippen LogP contribution in [0, 0.1) is 5.08 Å². The summed E-state index contributed by atoms with van der Waals surface area (Å²) in [5.74, 6) is -32.7. The fourth-order valence-corrected chi connectivity index (χ4v) is 4.64. The van der Waals surface area contributed by atoms with Gasteiger partial charge in [-0.15, -0.1) is 0 Å². The van der Waals surface area contributed by atoms with Gasteiger partial charge in [-0.2, -0.15) is 79.0 Å². The first kappa shape index (κ1) is 36.4. The molecular formula is C9HF18KO4S2. The molecule has 0 aliphatic heterocycles. The molecule has 0 rings (SSSR count). The maximum Gasteiger partial charge on any atom is 1.00 e. The van der Waals surface area contributed by atoms with E-state index in [1.165, 1.54) is 0 Å². The smallest absolute Gasteiger partial charge is 0.255 e. The van der Waals surface area contributed by atoms with Crippen molar-refractivity contribution >= 4 is 19.7 Å². The Morgan fingerprint density at radius 3 is 0.706 bits per heavy atom. The standard InChI is InChI=1S/C9HF18O4S2.K/c10-2(11,6(18,19)20)4(14,15)8(24,25)32(28,29)1-33(30,31)9(26,27)5(16,17)3(12,13)7(21,22)23;/h1H;/q-1;+1. The van der Waals surface area contributed by atoms with Gasteiger partial charge in [0.15, 0.2) is 0 Å². The van der Waals surface area contributed by atoms with E-state index in [0.29, 0.717) is 0 Å². The van der Waals surface area contributed by atoms with Crippen molar-refractivity contribution in [2.24, 2.45) is 0 Å². The maximum absolute atomic E-state index is 13.3. The summed E-state index contributed by atoms with van der Waals surface area (Å²) in [5.41, 5.74) is 0. The maximum atomic E-state index is 13.3. The van der Waals surface area contributed by atoms with E-state index in [9.17, 15) is 95.9 Å². The third-order valence-corrected chi connectivity index (χ3v) is 7.17. The minimum absolute atomic E-state index is 0. The average molecular weight is 618 g/mol. The Morgan fingerprint density at radius 2 is 0.559 bits per heavy atom. The van der Waals surface area contributed by atoms with E-state index in [4.69, 9.17) is 0 Å². The molecule has 4 nitrogen and oxygen atoms in total. The van der Waals surface area contributed by atoms with Gasteiger partial charge in [0, 0.05) is 0 Å². The SMILES string of the molecule is O=S(=O)([CH-]S(=O)(=O)C(F)(F)C(F)(F)C(F)(F)C(F)(F)F)C(F)(F)C(F)(F)C(F)(F)C(F)(F)F.[K+]. The van der Waals surface area contributed by atoms with Gasteiger partial charge in [0.25, 0.3) is 0 Å². The molecule has 0 aromatic rings. The second kappa shape index (κ2) is 9.23. The summed E-state index contributed by atoms with van der Waals surface area (Å²) in [7, 11) is -17.1. The topological polar surface area (TPSA) is 68.3 Å². The zero-order chi connectivity index (χ0) is 27.7. The molecule has 25 heteroatoms. The third-order valence-electron chi connectivity index (χ3n) is 3.20. The van der Waals surface area contributed by atoms with Crippen LogP contribution in [0.5, 0.6) is 0 Å². The van der Waals surface area contributed by atoms with Crippen molar-refractivity contribution < 1.29 is 147 Å². The summed E-state index contributed by atoms with van der Waals surface area (Å²) < 4.78 is 271. The predicted molar refractivity (Wildman–Crippen MR) is 63.9 cm³/mol. The van der Waals surface area contributed by atoms with Crippen LogP contribution in [0.4, 0.5) is 79.0 Å². The first-order chi connectivity index (χ1) is 13.7. The van der Waals surface area contributed by atoms with Crippen molar-refractivity contribution in [3.05, 3.63) is 5.08 Å². The Kier molecular flexibility index (Phi) is 9.89. The first-order valence-electron chi connectivity index (χ1n) is 6.45. The van der Waals surface area contributed by atoms with Crippen LogP contribution in [0.2, 0.25) is 0 Å². The zero-order valence-electron chi connectivity index (χ0n) is 14.8. The Morgan fingerprint density at radius 1 is 0.382 bits per heavy atom. The van der Waals surface area contributed by atoms with Crippen molar-refractivity contribution in [3.8, 4) is 0 Å². The Labute approximate surface area is 217 Å². The monoisotopic (exact) mass is 618 g/mol. The molecule has 0 atom stereocenters. The van der Waals surface area contributed by atoms with Crippen LogP contribution in [-0.4, -0.2) is 63.4 Å². The second-order valence-corrected chi connectivity index (χ2v) is 9.49. The van der Waals surface area contributed by atoms with Crippen molar-refractivity contribution in [1.82, 2.24) is 0 Å². The summed E-state index contributed by atoms with van der Waals surface area (Å²) in [4.78, 5) is 0. The molecule has 0 aliphatic carbocycles. The van der Waals surface area contributed by atoms with Gasteiger partial charge in [-0.05, 0) is 0 Å². The van der Waals surface area contributed by atoms with Crippen LogP contribution in [0.15, 0.2) is 0 Å². The molecular weight excluding hydrogens is 617 g/mol. The number of alkyl halides is 18. The second-order valence-electron chi connectivity index (χ2n) is 5.51. The number of sulfone groups is 2. The van der Waals surface area contributed by atoms with Crippen molar-refractivity contribution in [2.45, 2.75) is 46.6 Å². The van der Waals surface area contributed by atoms with Crippen LogP contribution in [-0.2, 0) is 19.7 Å². The fraction of sp³-hybridized carbons (Fsp3) is 0.889. The summed E-state index contributed by atoms with van der Waals surface area (Å²) in [6, 6.07) is 0. The molecule has 0 N–H and O–H groups in total. The molecule has 0 saturated heterocycles. The summed E-state index contributed by atoms with van der Waals surface area (Å²) in [6.45, 7) is 0. The van der Waals surface area contributed by atoms with Gasteiger partial charge in [0.2, 0.25) is 0 Å². The van der Waals surface area contributed by atoms with Gasteiger partial charge < -0.3 is 0 Å². The average Bonchev–Trinajstić information content (AvgIpc) is 2.50. The summed E-state index contributed by atoms with van der Waals surface area (Å²) in [5, 5.41) is -19.4. The van der Waals surface area contributed by atoms with Gasteiger partial charge >= 0.3 is 97.9 Å². The molecule has 0 aliphatic rings. The molecule has 200 valence electrons. The van der Waals surface area contributed by atoms with Gasteiger partial charge in [0.1, 0.15) is 19.7 Å². The molecule has 0 aromatic heterocycles. The quantitative estimate of drug-likeness (QED) is 0.237. The van der Waals surface area contributed by atoms with Crippen LogP contribution >= 0.6 is 0 Å². The molecule has 34 heavy (non-hydrogen) atoms. The Bertz CT molecular complexity index is 882. The molecule has 0 unspecified atom stereocenters. The minimum atomic E-state index is -8.56. The van der Waals surface area contributed by atoms with Crippen molar-refractivity contribution in [2.75, 3.05) is 0 Å². The van der Waals surface area contributed by atoms with Crippen LogP contribution in [0.3, 0.4) is 0 Å². The van der Waals surface area contributed by atoms with Gasteiger partial charge in [-0.3, -0.25) is 16.8 Å². The Balaban J connectivity index is 0. The van der Waals surface area contributed by atoms with Gasteiger partial charge in [0.05, 0.1) is 0 Å². The molecule has 0 radical (unpaired) electrons.